The van der Waals surface area contributed by atoms with E-state index < -0.39 is 41.1 Å². The van der Waals surface area contributed by atoms with Gasteiger partial charge in [0.25, 0.3) is 0 Å². The third-order valence-electron chi connectivity index (χ3n) is 6.09. The molecule has 14 heteroatoms. The zero-order chi connectivity index (χ0) is 30.3. The molecule has 1 atom stereocenters. The number of hydrogen-bond donors (Lipinski definition) is 2. The molecule has 214 valence electrons. The number of carbonyl (C=O) groups excluding carboxylic acids is 2. The van der Waals surface area contributed by atoms with Crippen LogP contribution in [-0.4, -0.2) is 39.5 Å². The van der Waals surface area contributed by atoms with Gasteiger partial charge in [-0.05, 0) is 58.0 Å². The molecule has 11 nitrogen and oxygen atoms in total. The Labute approximate surface area is 231 Å². The van der Waals surface area contributed by atoms with Gasteiger partial charge in [-0.25, -0.2) is 24.0 Å². The average molecular weight is 571 g/mol. The van der Waals surface area contributed by atoms with Crippen molar-refractivity contribution in [3.63, 3.8) is 0 Å². The van der Waals surface area contributed by atoms with Gasteiger partial charge in [0, 0.05) is 16.9 Å². The summed E-state index contributed by atoms with van der Waals surface area (Å²) in [7, 11) is 1.11. The van der Waals surface area contributed by atoms with E-state index in [-0.39, 0.29) is 39.7 Å². The fourth-order valence-corrected chi connectivity index (χ4v) is 4.46. The SMILES string of the molecule is COC(=O)C1=C(C)N(c2cccc(C(F)(F)F)c2)c2n[nH]c(=O)n2[C@@H]1c1ccc(C#N)cc1NC(=O)OC(C)(C)C. The molecule has 1 aliphatic rings. The maximum absolute atomic E-state index is 13.5. The molecule has 0 fully saturated rings. The lowest BCUT2D eigenvalue weighted by atomic mass is 9.92. The van der Waals surface area contributed by atoms with Crippen LogP contribution in [0.25, 0.3) is 0 Å². The minimum atomic E-state index is -4.66. The van der Waals surface area contributed by atoms with Gasteiger partial charge >= 0.3 is 23.9 Å². The summed E-state index contributed by atoms with van der Waals surface area (Å²) in [6.45, 7) is 6.43. The fourth-order valence-electron chi connectivity index (χ4n) is 4.46. The second kappa shape index (κ2) is 10.5. The maximum atomic E-state index is 13.5. The Hall–Kier alpha value is -5.06. The Balaban J connectivity index is 1.98. The van der Waals surface area contributed by atoms with E-state index in [1.54, 1.807) is 20.8 Å². The number of rotatable bonds is 4. The van der Waals surface area contributed by atoms with Crippen LogP contribution >= 0.6 is 0 Å². The van der Waals surface area contributed by atoms with E-state index in [9.17, 15) is 32.8 Å². The first-order chi connectivity index (χ1) is 19.2. The van der Waals surface area contributed by atoms with Crippen molar-refractivity contribution in [1.82, 2.24) is 14.8 Å². The van der Waals surface area contributed by atoms with E-state index in [1.807, 2.05) is 6.07 Å². The predicted octanol–water partition coefficient (Wildman–Crippen LogP) is 5.00. The predicted molar refractivity (Wildman–Crippen MR) is 140 cm³/mol. The van der Waals surface area contributed by atoms with Gasteiger partial charge in [0.05, 0.1) is 35.6 Å². The number of hydrogen-bond acceptors (Lipinski definition) is 8. The molecule has 0 radical (unpaired) electrons. The molecule has 0 spiro atoms. The molecule has 0 bridgehead atoms. The number of aromatic amines is 1. The highest BCUT2D eigenvalue weighted by atomic mass is 19.4. The van der Waals surface area contributed by atoms with Crippen LogP contribution in [0.2, 0.25) is 0 Å². The van der Waals surface area contributed by atoms with Crippen LogP contribution in [0.4, 0.5) is 35.3 Å². The summed E-state index contributed by atoms with van der Waals surface area (Å²) < 4.78 is 52.0. The number of allylic oxidation sites excluding steroid dienone is 1. The quantitative estimate of drug-likeness (QED) is 0.418. The number of fused-ring (bicyclic) bond motifs is 1. The number of nitrogens with one attached hydrogen (secondary N) is 2. The first kappa shape index (κ1) is 28.9. The van der Waals surface area contributed by atoms with Gasteiger partial charge in [0.1, 0.15) is 11.6 Å². The van der Waals surface area contributed by atoms with E-state index in [0.717, 1.165) is 23.8 Å². The molecule has 1 aliphatic heterocycles. The highest BCUT2D eigenvalue weighted by molar-refractivity contribution is 5.95. The summed E-state index contributed by atoms with van der Waals surface area (Å²) in [5, 5.41) is 18.4. The van der Waals surface area contributed by atoms with Crippen molar-refractivity contribution in [2.24, 2.45) is 0 Å². The number of alkyl halides is 3. The Kier molecular flexibility index (Phi) is 7.40. The van der Waals surface area contributed by atoms with Gasteiger partial charge in [0.15, 0.2) is 0 Å². The number of benzene rings is 2. The first-order valence-corrected chi connectivity index (χ1v) is 12.1. The highest BCUT2D eigenvalue weighted by Crippen LogP contribution is 2.44. The molecule has 4 rings (SSSR count). The Morgan fingerprint density at radius 2 is 1.85 bits per heavy atom. The molecular weight excluding hydrogens is 545 g/mol. The third kappa shape index (κ3) is 5.65. The summed E-state index contributed by atoms with van der Waals surface area (Å²) in [6, 6.07) is 9.19. The zero-order valence-corrected chi connectivity index (χ0v) is 22.6. The first-order valence-electron chi connectivity index (χ1n) is 12.1. The second-order valence-electron chi connectivity index (χ2n) is 10.0. The lowest BCUT2D eigenvalue weighted by Gasteiger charge is -2.36. The van der Waals surface area contributed by atoms with Gasteiger partial charge in [-0.15, -0.1) is 5.10 Å². The van der Waals surface area contributed by atoms with E-state index >= 15 is 0 Å². The molecule has 0 unspecified atom stereocenters. The second-order valence-corrected chi connectivity index (χ2v) is 10.0. The number of carbonyl (C=O) groups is 2. The molecular formula is C27H25F3N6O5. The minimum Gasteiger partial charge on any atom is -0.466 e. The van der Waals surface area contributed by atoms with Crippen molar-refractivity contribution in [2.45, 2.75) is 45.5 Å². The molecule has 0 saturated heterocycles. The third-order valence-corrected chi connectivity index (χ3v) is 6.09. The van der Waals surface area contributed by atoms with Gasteiger partial charge in [-0.3, -0.25) is 10.2 Å². The van der Waals surface area contributed by atoms with Crippen LogP contribution < -0.4 is 15.9 Å². The summed E-state index contributed by atoms with van der Waals surface area (Å²) in [6.07, 6.45) is -5.53. The molecule has 0 aliphatic carbocycles. The van der Waals surface area contributed by atoms with Gasteiger partial charge in [-0.2, -0.15) is 18.4 Å². The number of anilines is 3. The van der Waals surface area contributed by atoms with Gasteiger partial charge in [-0.1, -0.05) is 12.1 Å². The number of nitrogens with zero attached hydrogens (tertiary/aromatic N) is 4. The lowest BCUT2D eigenvalue weighted by molar-refractivity contribution is -0.138. The van der Waals surface area contributed by atoms with Crippen molar-refractivity contribution in [3.8, 4) is 6.07 Å². The van der Waals surface area contributed by atoms with Crippen molar-refractivity contribution < 1.29 is 32.2 Å². The Bertz CT molecular complexity index is 1660. The number of nitriles is 1. The van der Waals surface area contributed by atoms with Crippen LogP contribution in [0.15, 0.2) is 58.5 Å². The summed E-state index contributed by atoms with van der Waals surface area (Å²) in [5.41, 5.74) is -2.28. The summed E-state index contributed by atoms with van der Waals surface area (Å²) >= 11 is 0. The summed E-state index contributed by atoms with van der Waals surface area (Å²) in [4.78, 5) is 40.3. The van der Waals surface area contributed by atoms with Crippen LogP contribution in [0, 0.1) is 11.3 Å². The minimum absolute atomic E-state index is 0.0237. The number of H-pyrrole nitrogens is 1. The van der Waals surface area contributed by atoms with E-state index in [0.29, 0.717) is 0 Å². The molecule has 3 aromatic rings. The van der Waals surface area contributed by atoms with Crippen LogP contribution in [-0.2, 0) is 20.4 Å². The van der Waals surface area contributed by atoms with Gasteiger partial charge in [0.2, 0.25) is 5.95 Å². The fraction of sp³-hybridized carbons (Fsp3) is 0.296. The van der Waals surface area contributed by atoms with E-state index in [1.165, 1.54) is 42.2 Å². The molecule has 0 saturated carbocycles. The van der Waals surface area contributed by atoms with Crippen molar-refractivity contribution in [3.05, 3.63) is 80.9 Å². The number of esters is 1. The van der Waals surface area contributed by atoms with Crippen LogP contribution in [0.5, 0.6) is 0 Å². The van der Waals surface area contributed by atoms with E-state index in [2.05, 4.69) is 15.5 Å². The van der Waals surface area contributed by atoms with Crippen molar-refractivity contribution in [1.29, 1.82) is 5.26 Å². The molecule has 1 aromatic heterocycles. The number of halogens is 3. The molecule has 2 N–H and O–H groups in total. The lowest BCUT2D eigenvalue weighted by Crippen LogP contribution is -2.38. The van der Waals surface area contributed by atoms with Crippen molar-refractivity contribution >= 4 is 29.4 Å². The molecule has 2 aromatic carbocycles. The largest absolute Gasteiger partial charge is 0.466 e. The normalized spacial score (nSPS) is 15.2. The van der Waals surface area contributed by atoms with Gasteiger partial charge < -0.3 is 9.47 Å². The summed E-state index contributed by atoms with van der Waals surface area (Å²) in [5.74, 6) is -1.02. The monoisotopic (exact) mass is 570 g/mol. The number of methoxy groups -OCH3 is 1. The standard InChI is InChI=1S/C27H25F3N6O5/c1-14-20(22(37)40-5)21(18-10-9-15(13-31)11-19(18)32-25(39)41-26(2,3)4)36-23(33-34-24(36)38)35(14)17-8-6-7-16(12-17)27(28,29)30/h6-12,21H,1-5H3,(H,32,39)(H,34,38)/t21-/m1/s1. The average Bonchev–Trinajstić information content (AvgIpc) is 3.26. The van der Waals surface area contributed by atoms with Crippen LogP contribution in [0.1, 0.15) is 50.4 Å². The topological polar surface area (TPSA) is 142 Å². The smallest absolute Gasteiger partial charge is 0.416 e. The zero-order valence-electron chi connectivity index (χ0n) is 22.6. The Morgan fingerprint density at radius 1 is 1.15 bits per heavy atom. The number of amides is 1. The van der Waals surface area contributed by atoms with E-state index in [4.69, 9.17) is 9.47 Å². The maximum Gasteiger partial charge on any atom is 0.416 e. The highest BCUT2D eigenvalue weighted by Gasteiger charge is 2.41. The Morgan fingerprint density at radius 3 is 2.46 bits per heavy atom. The number of ether oxygens (including phenoxy) is 2. The molecule has 2 heterocycles. The molecule has 1 amide bonds. The van der Waals surface area contributed by atoms with Crippen molar-refractivity contribution in [2.75, 3.05) is 17.3 Å². The number of aromatic nitrogens is 3. The van der Waals surface area contributed by atoms with Crippen LogP contribution in [0.3, 0.4) is 0 Å². The molecule has 41 heavy (non-hydrogen) atoms.